The van der Waals surface area contributed by atoms with E-state index in [0.29, 0.717) is 60.8 Å². The molecule has 5 N–H and O–H groups in total. The zero-order chi connectivity index (χ0) is 54.3. The van der Waals surface area contributed by atoms with E-state index in [-0.39, 0.29) is 29.2 Å². The van der Waals surface area contributed by atoms with E-state index in [2.05, 4.69) is 32.5 Å². The molecule has 7 rings (SSSR count). The number of alkyl halides is 3. The molecule has 1 aliphatic heterocycles. The van der Waals surface area contributed by atoms with Crippen LogP contribution in [0.1, 0.15) is 72.1 Å². The molecule has 3 amide bonds. The molecule has 398 valence electrons. The van der Waals surface area contributed by atoms with Crippen molar-refractivity contribution in [2.45, 2.75) is 65.7 Å². The molecule has 0 radical (unpaired) electrons. The van der Waals surface area contributed by atoms with Gasteiger partial charge in [-0.15, -0.1) is 5.10 Å². The number of nitrogens with zero attached hydrogens (tertiary/aromatic N) is 5. The molecule has 0 aromatic heterocycles. The van der Waals surface area contributed by atoms with Crippen LogP contribution in [0.15, 0.2) is 132 Å². The Balaban J connectivity index is 0.000000217. The first-order chi connectivity index (χ1) is 36.1. The van der Waals surface area contributed by atoms with Crippen molar-refractivity contribution in [2.24, 2.45) is 10.2 Å². The van der Waals surface area contributed by atoms with Crippen molar-refractivity contribution in [3.63, 3.8) is 0 Å². The number of piperazine rings is 1. The van der Waals surface area contributed by atoms with Gasteiger partial charge in [0.05, 0.1) is 24.2 Å². The van der Waals surface area contributed by atoms with Crippen LogP contribution < -0.4 is 20.3 Å². The Hall–Kier alpha value is -7.80. The fraction of sp³-hybridized carbons (Fsp3) is 0.316. The Morgan fingerprint density at radius 3 is 2.20 bits per heavy atom. The van der Waals surface area contributed by atoms with Gasteiger partial charge in [-0.1, -0.05) is 93.1 Å². The highest BCUT2D eigenvalue weighted by atomic mass is 19.4. The first-order valence-electron chi connectivity index (χ1n) is 24.5. The van der Waals surface area contributed by atoms with E-state index in [9.17, 15) is 42.9 Å². The number of fused-ring (bicyclic) bond motifs is 1. The van der Waals surface area contributed by atoms with Crippen molar-refractivity contribution in [3.8, 4) is 23.0 Å². The van der Waals surface area contributed by atoms with E-state index >= 15 is 0 Å². The lowest BCUT2D eigenvalue weighted by Gasteiger charge is -2.32. The van der Waals surface area contributed by atoms with Crippen molar-refractivity contribution in [1.82, 2.24) is 20.4 Å². The van der Waals surface area contributed by atoms with Crippen molar-refractivity contribution in [3.05, 3.63) is 160 Å². The number of halogens is 3. The first-order valence-corrected chi connectivity index (χ1v) is 24.5. The fourth-order valence-electron chi connectivity index (χ4n) is 7.96. The van der Waals surface area contributed by atoms with Crippen LogP contribution in [0.25, 0.3) is 10.8 Å². The number of hydrogen-bond acceptors (Lipinski definition) is 11. The summed E-state index contributed by atoms with van der Waals surface area (Å²) in [7, 11) is 0. The molecule has 0 aliphatic carbocycles. The van der Waals surface area contributed by atoms with Gasteiger partial charge in [0, 0.05) is 76.3 Å². The second kappa shape index (κ2) is 29.2. The molecule has 6 aromatic rings. The zero-order valence-electron chi connectivity index (χ0n) is 42.7. The normalized spacial score (nSPS) is 12.7. The number of aryl methyl sites for hydroxylation is 1. The van der Waals surface area contributed by atoms with Crippen molar-refractivity contribution in [2.75, 3.05) is 57.6 Å². The van der Waals surface area contributed by atoms with Crippen molar-refractivity contribution in [1.29, 1.82) is 0 Å². The molecule has 0 atom stereocenters. The number of anilines is 1. The number of rotatable bonds is 20. The van der Waals surface area contributed by atoms with Gasteiger partial charge in [0.15, 0.2) is 5.84 Å². The lowest BCUT2D eigenvalue weighted by molar-refractivity contribution is -0.137. The first kappa shape index (κ1) is 58.1. The highest BCUT2D eigenvalue weighted by Gasteiger charge is 2.30. The number of aromatic hydroxyl groups is 2. The zero-order valence-corrected chi connectivity index (χ0v) is 42.7. The lowest BCUT2D eigenvalue weighted by Crippen LogP contribution is -2.45. The number of ether oxygens (including phenoxy) is 2. The smallest absolute Gasteiger partial charge is 0.416 e. The summed E-state index contributed by atoms with van der Waals surface area (Å²) in [6.07, 6.45) is -1.47. The molecule has 1 heterocycles. The second-order valence-corrected chi connectivity index (χ2v) is 17.9. The van der Waals surface area contributed by atoms with Crippen LogP contribution in [-0.2, 0) is 44.8 Å². The maximum Gasteiger partial charge on any atom is 0.416 e. The number of carbonyl (C=O) groups excluding carboxylic acids is 3. The Kier molecular flexibility index (Phi) is 22.6. The molecule has 1 fully saturated rings. The minimum Gasteiger partial charge on any atom is -0.508 e. The molecule has 0 bridgehead atoms. The number of hydrogen-bond donors (Lipinski definition) is 5. The fourth-order valence-corrected chi connectivity index (χ4v) is 7.96. The molecule has 18 heteroatoms. The lowest BCUT2D eigenvalue weighted by atomic mass is 9.98. The molecule has 6 aromatic carbocycles. The van der Waals surface area contributed by atoms with Gasteiger partial charge in [-0.05, 0) is 95.4 Å². The predicted octanol–water partition coefficient (Wildman–Crippen LogP) is 9.29. The Bertz CT molecular complexity index is 2820. The number of phenolic OH excluding ortho intramolecular Hbond substituents is 2. The average Bonchev–Trinajstić information content (AvgIpc) is 3.39. The largest absolute Gasteiger partial charge is 0.508 e. The number of carbonyl (C=O) groups is 3. The Morgan fingerprint density at radius 1 is 0.853 bits per heavy atom. The number of amidine groups is 1. The van der Waals surface area contributed by atoms with E-state index in [1.807, 2.05) is 107 Å². The van der Waals surface area contributed by atoms with Gasteiger partial charge in [0.1, 0.15) is 29.7 Å². The average molecular weight is 1030 g/mol. The second-order valence-electron chi connectivity index (χ2n) is 17.9. The van der Waals surface area contributed by atoms with Gasteiger partial charge < -0.3 is 45.2 Å². The van der Waals surface area contributed by atoms with Gasteiger partial charge >= 0.3 is 6.18 Å². The molecule has 0 saturated carbocycles. The topological polar surface area (TPSA) is 189 Å². The molecule has 15 nitrogen and oxygen atoms in total. The van der Waals surface area contributed by atoms with Crippen LogP contribution >= 0.6 is 0 Å². The van der Waals surface area contributed by atoms with Gasteiger partial charge in [-0.25, -0.2) is 0 Å². The number of aliphatic hydroxyl groups is 1. The SMILES string of the molecule is C=N/N=C(/c1cc(C(C)C)c(O)cc1O)N(CO)c1ccc(CN2CCN(C=O)CC2)cc1.CCCOCCNC(=O)Cc1cccc(CNC=O)c1.Cc1ccc2c(Oc3ccc(C(F)(F)F)cc3)cccc2c1. The minimum atomic E-state index is -4.34. The van der Waals surface area contributed by atoms with Crippen LogP contribution in [0.4, 0.5) is 18.9 Å². The number of aliphatic hydroxyl groups excluding tert-OH is 1. The van der Waals surface area contributed by atoms with Gasteiger partial charge in [-0.3, -0.25) is 19.3 Å². The van der Waals surface area contributed by atoms with Crippen LogP contribution in [0.5, 0.6) is 23.0 Å². The summed E-state index contributed by atoms with van der Waals surface area (Å²) in [5.41, 5.74) is 5.10. The number of phenols is 2. The predicted molar refractivity (Wildman–Crippen MR) is 286 cm³/mol. The van der Waals surface area contributed by atoms with E-state index in [1.54, 1.807) is 17.0 Å². The van der Waals surface area contributed by atoms with E-state index < -0.39 is 18.5 Å². The van der Waals surface area contributed by atoms with Gasteiger partial charge in [0.2, 0.25) is 18.7 Å². The van der Waals surface area contributed by atoms with E-state index in [1.165, 1.54) is 23.1 Å². The monoisotopic (exact) mass is 1030 g/mol. The molecule has 1 aliphatic rings. The summed E-state index contributed by atoms with van der Waals surface area (Å²) in [6, 6.07) is 34.5. The maximum absolute atomic E-state index is 12.6. The Labute approximate surface area is 435 Å². The summed E-state index contributed by atoms with van der Waals surface area (Å²) >= 11 is 0. The standard InChI is InChI=1S/C24H31N5O4.C18H13F3O.C15H22N2O3/c1-17(2)20-12-21(23(33)13-22(20)32)24(26-25-3)29(16-31)19-6-4-18(5-7-19)14-27-8-10-28(15-30)11-9-27;1-12-5-10-16-13(11-12)3-2-4-17(16)22-15-8-6-14(7-9-15)18(19,20)21;1-2-7-20-8-6-17-15(19)10-13-4-3-5-14(9-13)11-16-12-18/h4-7,12-13,15,17,31-33H,3,8-11,14,16H2,1-2H3;2-11H,1H3;3-5,9,12H,2,6-8,10-11H2,1H3,(H,16,18)(H,17,19)/b26-24-;;. The summed E-state index contributed by atoms with van der Waals surface area (Å²) in [6.45, 7) is 17.1. The van der Waals surface area contributed by atoms with Crippen molar-refractivity contribution < 1.29 is 52.3 Å². The van der Waals surface area contributed by atoms with Gasteiger partial charge in [0.25, 0.3) is 0 Å². The minimum absolute atomic E-state index is 0.00830. The van der Waals surface area contributed by atoms with E-state index in [4.69, 9.17) is 9.47 Å². The van der Waals surface area contributed by atoms with Crippen LogP contribution in [-0.4, -0.2) is 109 Å². The maximum atomic E-state index is 12.6. The molecule has 0 unspecified atom stereocenters. The van der Waals surface area contributed by atoms with Crippen LogP contribution in [0, 0.1) is 6.92 Å². The third kappa shape index (κ3) is 18.0. The Morgan fingerprint density at radius 2 is 1.56 bits per heavy atom. The summed E-state index contributed by atoms with van der Waals surface area (Å²) in [5.74, 6) is 1.01. The molecular weight excluding hydrogens is 968 g/mol. The molecule has 75 heavy (non-hydrogen) atoms. The third-order valence-corrected chi connectivity index (χ3v) is 11.8. The quantitative estimate of drug-likeness (QED) is 0.0123. The van der Waals surface area contributed by atoms with Crippen molar-refractivity contribution >= 4 is 47.7 Å². The molecular formula is C57H66F3N7O8. The summed E-state index contributed by atoms with van der Waals surface area (Å²) in [5, 5.41) is 45.9. The summed E-state index contributed by atoms with van der Waals surface area (Å²) in [4.78, 5) is 38.4. The van der Waals surface area contributed by atoms with Crippen LogP contribution in [0.2, 0.25) is 0 Å². The summed E-state index contributed by atoms with van der Waals surface area (Å²) < 4.78 is 48.7. The molecule has 0 spiro atoms. The highest BCUT2D eigenvalue weighted by molar-refractivity contribution is 6.11. The van der Waals surface area contributed by atoms with Crippen LogP contribution in [0.3, 0.4) is 0 Å². The number of nitrogens with one attached hydrogen (secondary N) is 2. The van der Waals surface area contributed by atoms with E-state index in [0.717, 1.165) is 97.3 Å². The third-order valence-electron chi connectivity index (χ3n) is 11.8. The highest BCUT2D eigenvalue weighted by Crippen LogP contribution is 2.35. The number of benzene rings is 6. The molecule has 1 saturated heterocycles. The number of amides is 3. The van der Waals surface area contributed by atoms with Gasteiger partial charge in [-0.2, -0.15) is 18.3 Å².